The van der Waals surface area contributed by atoms with Crippen molar-refractivity contribution in [2.45, 2.75) is 0 Å². The molecule has 4 heterocycles. The summed E-state index contributed by atoms with van der Waals surface area (Å²) >= 11 is 0. The summed E-state index contributed by atoms with van der Waals surface area (Å²) < 4.78 is 14.6. The molecule has 0 aliphatic heterocycles. The number of nitrogens with zero attached hydrogens (tertiary/aromatic N) is 3. The van der Waals surface area contributed by atoms with Crippen molar-refractivity contribution in [3.63, 3.8) is 0 Å². The van der Waals surface area contributed by atoms with Crippen LogP contribution in [0.15, 0.2) is 160 Å². The Hall–Kier alpha value is -6.33. The molecule has 5 nitrogen and oxygen atoms in total. The second kappa shape index (κ2) is 9.58. The van der Waals surface area contributed by atoms with E-state index in [0.717, 1.165) is 88.6 Å². The molecule has 0 aliphatic rings. The fourth-order valence-corrected chi connectivity index (χ4v) is 6.87. The van der Waals surface area contributed by atoms with Gasteiger partial charge in [0, 0.05) is 43.9 Å². The molecule has 0 radical (unpaired) electrons. The summed E-state index contributed by atoms with van der Waals surface area (Å²) in [5.74, 6) is 0. The number of anilines is 3. The van der Waals surface area contributed by atoms with E-state index >= 15 is 0 Å². The van der Waals surface area contributed by atoms with Crippen LogP contribution >= 0.6 is 0 Å². The summed E-state index contributed by atoms with van der Waals surface area (Å²) in [5.41, 5.74) is 10.5. The number of aromatic nitrogens is 2. The number of rotatable bonds is 4. The first kappa shape index (κ1) is 25.0. The van der Waals surface area contributed by atoms with E-state index < -0.39 is 0 Å². The van der Waals surface area contributed by atoms with E-state index in [2.05, 4.69) is 131 Å². The zero-order valence-corrected chi connectivity index (χ0v) is 24.6. The number of furan rings is 2. The molecule has 0 fully saturated rings. The van der Waals surface area contributed by atoms with Crippen LogP contribution < -0.4 is 4.90 Å². The van der Waals surface area contributed by atoms with Gasteiger partial charge in [-0.05, 0) is 60.7 Å². The Kier molecular flexibility index (Phi) is 5.22. The summed E-state index contributed by atoms with van der Waals surface area (Å²) in [6.07, 6.45) is 0. The summed E-state index contributed by atoms with van der Waals surface area (Å²) in [6.45, 7) is 0. The van der Waals surface area contributed by atoms with E-state index in [0.29, 0.717) is 0 Å². The standard InChI is InChI=1S/C41H25N3O2/c1-2-11-27(12-3-1)40-41(35-21-18-26-10-4-7-15-34(26)44(35)42-40)43(28-19-22-38-32(24-28)30-13-5-8-16-36(30)45-38)29-20-23-39-33(25-29)31-14-6-9-17-37(31)46-39/h1-25H. The van der Waals surface area contributed by atoms with Gasteiger partial charge in [0.05, 0.1) is 11.0 Å². The van der Waals surface area contributed by atoms with Crippen LogP contribution in [0.2, 0.25) is 0 Å². The van der Waals surface area contributed by atoms with E-state index in [4.69, 9.17) is 13.9 Å². The lowest BCUT2D eigenvalue weighted by atomic mass is 10.1. The van der Waals surface area contributed by atoms with Gasteiger partial charge >= 0.3 is 0 Å². The van der Waals surface area contributed by atoms with Gasteiger partial charge in [0.25, 0.3) is 0 Å². The van der Waals surface area contributed by atoms with Gasteiger partial charge in [-0.2, -0.15) is 5.10 Å². The predicted molar refractivity (Wildman–Crippen MR) is 187 cm³/mol. The lowest BCUT2D eigenvalue weighted by molar-refractivity contribution is 0.668. The minimum absolute atomic E-state index is 0.857. The fraction of sp³-hybridized carbons (Fsp3) is 0. The quantitative estimate of drug-likeness (QED) is 0.204. The molecule has 0 saturated carbocycles. The number of benzene rings is 6. The topological polar surface area (TPSA) is 46.8 Å². The van der Waals surface area contributed by atoms with Crippen molar-refractivity contribution in [2.75, 3.05) is 4.90 Å². The number of pyridine rings is 1. The Balaban J connectivity index is 1.33. The molecule has 0 saturated heterocycles. The first-order valence-corrected chi connectivity index (χ1v) is 15.4. The van der Waals surface area contributed by atoms with Gasteiger partial charge in [-0.1, -0.05) is 91.0 Å². The van der Waals surface area contributed by atoms with Gasteiger partial charge in [0.2, 0.25) is 0 Å². The maximum atomic E-state index is 6.24. The lowest BCUT2D eigenvalue weighted by Gasteiger charge is -2.26. The van der Waals surface area contributed by atoms with Gasteiger partial charge in [-0.25, -0.2) is 4.52 Å². The summed E-state index contributed by atoms with van der Waals surface area (Å²) in [7, 11) is 0. The molecule has 0 aliphatic carbocycles. The molecule has 0 amide bonds. The van der Waals surface area contributed by atoms with Crippen LogP contribution in [0.25, 0.3) is 71.6 Å². The monoisotopic (exact) mass is 591 g/mol. The maximum absolute atomic E-state index is 6.24. The van der Waals surface area contributed by atoms with Gasteiger partial charge in [0.15, 0.2) is 0 Å². The van der Waals surface area contributed by atoms with E-state index in [9.17, 15) is 0 Å². The van der Waals surface area contributed by atoms with Crippen molar-refractivity contribution < 1.29 is 8.83 Å². The lowest BCUT2D eigenvalue weighted by Crippen LogP contribution is -2.11. The molecule has 10 aromatic rings. The average Bonchev–Trinajstić information content (AvgIpc) is 3.80. The summed E-state index contributed by atoms with van der Waals surface area (Å²) in [4.78, 5) is 2.34. The van der Waals surface area contributed by atoms with E-state index in [1.807, 2.05) is 30.3 Å². The summed E-state index contributed by atoms with van der Waals surface area (Å²) in [6, 6.07) is 52.5. The predicted octanol–water partition coefficient (Wildman–Crippen LogP) is 11.4. The second-order valence-corrected chi connectivity index (χ2v) is 11.6. The highest BCUT2D eigenvalue weighted by Crippen LogP contribution is 2.46. The minimum Gasteiger partial charge on any atom is -0.456 e. The van der Waals surface area contributed by atoms with Crippen molar-refractivity contribution >= 4 is 77.4 Å². The van der Waals surface area contributed by atoms with Gasteiger partial charge in [-0.15, -0.1) is 0 Å². The van der Waals surface area contributed by atoms with Crippen LogP contribution in [0.4, 0.5) is 17.1 Å². The van der Waals surface area contributed by atoms with Crippen LogP contribution in [0.1, 0.15) is 0 Å². The molecular weight excluding hydrogens is 566 g/mol. The second-order valence-electron chi connectivity index (χ2n) is 11.6. The number of fused-ring (bicyclic) bond motifs is 9. The third-order valence-electron chi connectivity index (χ3n) is 8.99. The summed E-state index contributed by atoms with van der Waals surface area (Å²) in [5, 5.41) is 10.8. The highest BCUT2D eigenvalue weighted by atomic mass is 16.3. The first-order chi connectivity index (χ1) is 22.8. The maximum Gasteiger partial charge on any atom is 0.135 e. The van der Waals surface area contributed by atoms with Crippen molar-refractivity contribution in [3.8, 4) is 11.3 Å². The molecule has 46 heavy (non-hydrogen) atoms. The van der Waals surface area contributed by atoms with Crippen LogP contribution in [0.5, 0.6) is 0 Å². The number of hydrogen-bond donors (Lipinski definition) is 0. The molecule has 0 N–H and O–H groups in total. The molecular formula is C41H25N3O2. The van der Waals surface area contributed by atoms with Crippen LogP contribution in [-0.4, -0.2) is 9.61 Å². The average molecular weight is 592 g/mol. The Morgan fingerprint density at radius 2 is 1.02 bits per heavy atom. The van der Waals surface area contributed by atoms with Crippen LogP contribution in [0.3, 0.4) is 0 Å². The number of hydrogen-bond acceptors (Lipinski definition) is 4. The molecule has 0 bridgehead atoms. The van der Waals surface area contributed by atoms with Crippen LogP contribution in [-0.2, 0) is 0 Å². The Bertz CT molecular complexity index is 2660. The molecule has 5 heteroatoms. The molecule has 0 atom stereocenters. The fourth-order valence-electron chi connectivity index (χ4n) is 6.87. The van der Waals surface area contributed by atoms with E-state index in [1.165, 1.54) is 0 Å². The zero-order valence-electron chi connectivity index (χ0n) is 24.6. The Morgan fingerprint density at radius 1 is 0.457 bits per heavy atom. The molecule has 0 unspecified atom stereocenters. The third kappa shape index (κ3) is 3.66. The zero-order chi connectivity index (χ0) is 30.2. The number of para-hydroxylation sites is 3. The van der Waals surface area contributed by atoms with E-state index in [1.54, 1.807) is 0 Å². The smallest absolute Gasteiger partial charge is 0.135 e. The highest BCUT2D eigenvalue weighted by molar-refractivity contribution is 6.10. The van der Waals surface area contributed by atoms with Gasteiger partial charge < -0.3 is 13.7 Å². The normalized spacial score (nSPS) is 11.9. The molecule has 6 aromatic carbocycles. The SMILES string of the molecule is c1ccc(-c2nn3c(ccc4ccccc43)c2N(c2ccc3oc4ccccc4c3c2)c2ccc3oc4ccccc4c3c2)cc1. The van der Waals surface area contributed by atoms with Crippen molar-refractivity contribution in [1.29, 1.82) is 0 Å². The molecule has 0 spiro atoms. The van der Waals surface area contributed by atoms with Crippen molar-refractivity contribution in [3.05, 3.63) is 152 Å². The van der Waals surface area contributed by atoms with Crippen LogP contribution in [0, 0.1) is 0 Å². The minimum atomic E-state index is 0.857. The third-order valence-corrected chi connectivity index (χ3v) is 8.99. The van der Waals surface area contributed by atoms with Crippen molar-refractivity contribution in [2.24, 2.45) is 0 Å². The molecule has 216 valence electrons. The highest BCUT2D eigenvalue weighted by Gasteiger charge is 2.26. The largest absolute Gasteiger partial charge is 0.456 e. The Morgan fingerprint density at radius 3 is 1.70 bits per heavy atom. The Labute approximate surface area is 263 Å². The van der Waals surface area contributed by atoms with Gasteiger partial charge in [0.1, 0.15) is 33.7 Å². The molecule has 10 rings (SSSR count). The van der Waals surface area contributed by atoms with Gasteiger partial charge in [-0.3, -0.25) is 0 Å². The van der Waals surface area contributed by atoms with Crippen molar-refractivity contribution in [1.82, 2.24) is 9.61 Å². The van der Waals surface area contributed by atoms with E-state index in [-0.39, 0.29) is 0 Å². The molecule has 4 aromatic heterocycles. The first-order valence-electron chi connectivity index (χ1n) is 15.4.